The molecule has 3 aromatic rings. The fraction of sp³-hybridized carbons (Fsp3) is 0.250. The number of para-hydroxylation sites is 1. The maximum atomic E-state index is 12.6. The summed E-state index contributed by atoms with van der Waals surface area (Å²) in [6.45, 7) is 2.50. The van der Waals surface area contributed by atoms with Gasteiger partial charge in [-0.3, -0.25) is 9.59 Å². The van der Waals surface area contributed by atoms with E-state index in [1.165, 1.54) is 16.9 Å². The van der Waals surface area contributed by atoms with E-state index in [1.54, 1.807) is 4.90 Å². The lowest BCUT2D eigenvalue weighted by Crippen LogP contribution is -2.28. The van der Waals surface area contributed by atoms with E-state index in [4.69, 9.17) is 0 Å². The van der Waals surface area contributed by atoms with Crippen molar-refractivity contribution in [2.45, 2.75) is 19.8 Å². The summed E-state index contributed by atoms with van der Waals surface area (Å²) in [5.41, 5.74) is 2.95. The Bertz CT molecular complexity index is 932. The Balaban J connectivity index is 1.46. The minimum Gasteiger partial charge on any atom is -0.312 e. The van der Waals surface area contributed by atoms with Gasteiger partial charge in [0.2, 0.25) is 11.8 Å². The van der Waals surface area contributed by atoms with Crippen molar-refractivity contribution in [3.05, 3.63) is 54.1 Å². The molecule has 2 heterocycles. The molecule has 1 N–H and O–H groups in total. The first kappa shape index (κ1) is 16.7. The third-order valence-electron chi connectivity index (χ3n) is 4.68. The van der Waals surface area contributed by atoms with E-state index < -0.39 is 0 Å². The van der Waals surface area contributed by atoms with Crippen molar-refractivity contribution in [2.24, 2.45) is 5.92 Å². The number of benzene rings is 2. The van der Waals surface area contributed by atoms with Crippen LogP contribution >= 0.6 is 11.3 Å². The number of carbonyl (C=O) groups is 2. The van der Waals surface area contributed by atoms with Crippen LogP contribution in [0.4, 0.5) is 10.8 Å². The second kappa shape index (κ2) is 6.88. The van der Waals surface area contributed by atoms with Crippen LogP contribution in [0, 0.1) is 5.92 Å². The Morgan fingerprint density at radius 1 is 1.23 bits per heavy atom. The van der Waals surface area contributed by atoms with Gasteiger partial charge in [0.25, 0.3) is 0 Å². The van der Waals surface area contributed by atoms with Gasteiger partial charge in [-0.05, 0) is 36.2 Å². The van der Waals surface area contributed by atoms with Crippen LogP contribution in [-0.4, -0.2) is 23.3 Å². The van der Waals surface area contributed by atoms with Gasteiger partial charge in [-0.2, -0.15) is 0 Å². The van der Waals surface area contributed by atoms with Crippen LogP contribution < -0.4 is 10.2 Å². The normalized spacial score (nSPS) is 17.0. The molecule has 1 aromatic heterocycles. The summed E-state index contributed by atoms with van der Waals surface area (Å²) >= 11 is 1.44. The zero-order valence-corrected chi connectivity index (χ0v) is 15.3. The molecule has 1 saturated heterocycles. The minimum absolute atomic E-state index is 0.0151. The summed E-state index contributed by atoms with van der Waals surface area (Å²) in [6.07, 6.45) is 1.19. The van der Waals surface area contributed by atoms with Crippen LogP contribution in [0.1, 0.15) is 18.9 Å². The fourth-order valence-electron chi connectivity index (χ4n) is 3.18. The van der Waals surface area contributed by atoms with Gasteiger partial charge in [-0.25, -0.2) is 4.98 Å². The Morgan fingerprint density at radius 2 is 2.00 bits per heavy atom. The van der Waals surface area contributed by atoms with E-state index in [-0.39, 0.29) is 24.2 Å². The first-order valence-electron chi connectivity index (χ1n) is 8.70. The Labute approximate surface area is 155 Å². The summed E-state index contributed by atoms with van der Waals surface area (Å²) in [5, 5.41) is 3.45. The van der Waals surface area contributed by atoms with Gasteiger partial charge >= 0.3 is 0 Å². The highest BCUT2D eigenvalue weighted by atomic mass is 32.1. The average molecular weight is 365 g/mol. The predicted octanol–water partition coefficient (Wildman–Crippen LogP) is 3.85. The highest BCUT2D eigenvalue weighted by molar-refractivity contribution is 7.22. The van der Waals surface area contributed by atoms with E-state index >= 15 is 0 Å². The second-order valence-corrected chi connectivity index (χ2v) is 7.43. The lowest BCUT2D eigenvalue weighted by atomic mass is 10.1. The summed E-state index contributed by atoms with van der Waals surface area (Å²) in [6, 6.07) is 15.7. The standard InChI is InChI=1S/C20H19N3O2S/c1-2-13-7-9-15(10-8-13)23-12-14(11-18(23)24)19(25)22-20-21-16-5-3-4-6-17(16)26-20/h3-10,14H,2,11-12H2,1H3,(H,21,22,25)/t14-/m1/s1. The van der Waals surface area contributed by atoms with Gasteiger partial charge in [-0.1, -0.05) is 42.5 Å². The lowest BCUT2D eigenvalue weighted by Gasteiger charge is -2.17. The number of anilines is 2. The zero-order chi connectivity index (χ0) is 18.1. The highest BCUT2D eigenvalue weighted by Crippen LogP contribution is 2.29. The average Bonchev–Trinajstić information content (AvgIpc) is 3.24. The van der Waals surface area contributed by atoms with Crippen LogP contribution in [0.25, 0.3) is 10.2 Å². The molecule has 5 nitrogen and oxygen atoms in total. The molecule has 0 saturated carbocycles. The third kappa shape index (κ3) is 3.20. The molecule has 0 radical (unpaired) electrons. The molecule has 6 heteroatoms. The number of thiazole rings is 1. The Morgan fingerprint density at radius 3 is 2.73 bits per heavy atom. The molecule has 0 spiro atoms. The smallest absolute Gasteiger partial charge is 0.231 e. The SMILES string of the molecule is CCc1ccc(N2C[C@H](C(=O)Nc3nc4ccccc4s3)CC2=O)cc1. The summed E-state index contributed by atoms with van der Waals surface area (Å²) in [7, 11) is 0. The maximum absolute atomic E-state index is 12.6. The topological polar surface area (TPSA) is 62.3 Å². The van der Waals surface area contributed by atoms with Gasteiger partial charge in [0, 0.05) is 18.7 Å². The molecular formula is C20H19N3O2S. The number of fused-ring (bicyclic) bond motifs is 1. The van der Waals surface area contributed by atoms with E-state index in [2.05, 4.69) is 17.2 Å². The van der Waals surface area contributed by atoms with Crippen molar-refractivity contribution in [2.75, 3.05) is 16.8 Å². The van der Waals surface area contributed by atoms with Crippen LogP contribution in [0.5, 0.6) is 0 Å². The number of aryl methyl sites for hydroxylation is 1. The number of hydrogen-bond donors (Lipinski definition) is 1. The molecule has 0 aliphatic carbocycles. The monoisotopic (exact) mass is 365 g/mol. The van der Waals surface area contributed by atoms with Crippen molar-refractivity contribution in [1.82, 2.24) is 4.98 Å². The number of carbonyl (C=O) groups excluding carboxylic acids is 2. The largest absolute Gasteiger partial charge is 0.312 e. The molecule has 26 heavy (non-hydrogen) atoms. The Kier molecular flexibility index (Phi) is 4.42. The molecule has 2 amide bonds. The first-order valence-corrected chi connectivity index (χ1v) is 9.51. The molecule has 0 unspecified atom stereocenters. The molecular weight excluding hydrogens is 346 g/mol. The number of amides is 2. The fourth-order valence-corrected chi connectivity index (χ4v) is 4.05. The third-order valence-corrected chi connectivity index (χ3v) is 5.63. The first-order chi connectivity index (χ1) is 12.6. The van der Waals surface area contributed by atoms with Gasteiger partial charge in [0.15, 0.2) is 5.13 Å². The van der Waals surface area contributed by atoms with Gasteiger partial charge in [0.05, 0.1) is 16.1 Å². The van der Waals surface area contributed by atoms with E-state index in [0.29, 0.717) is 11.7 Å². The summed E-state index contributed by atoms with van der Waals surface area (Å²) in [4.78, 5) is 31.1. The van der Waals surface area contributed by atoms with Crippen LogP contribution in [0.3, 0.4) is 0 Å². The molecule has 1 atom stereocenters. The van der Waals surface area contributed by atoms with Crippen molar-refractivity contribution >= 4 is 44.2 Å². The number of nitrogens with one attached hydrogen (secondary N) is 1. The van der Waals surface area contributed by atoms with Crippen molar-refractivity contribution in [3.63, 3.8) is 0 Å². The predicted molar refractivity (Wildman–Crippen MR) is 105 cm³/mol. The molecule has 4 rings (SSSR count). The molecule has 1 aliphatic rings. The molecule has 2 aromatic carbocycles. The van der Waals surface area contributed by atoms with Crippen LogP contribution in [0.2, 0.25) is 0 Å². The summed E-state index contributed by atoms with van der Waals surface area (Å²) < 4.78 is 1.03. The van der Waals surface area contributed by atoms with Crippen molar-refractivity contribution < 1.29 is 9.59 Å². The van der Waals surface area contributed by atoms with E-state index in [1.807, 2.05) is 48.5 Å². The number of hydrogen-bond acceptors (Lipinski definition) is 4. The Hall–Kier alpha value is -2.73. The molecule has 1 fully saturated rings. The molecule has 1 aliphatic heterocycles. The molecule has 132 valence electrons. The van der Waals surface area contributed by atoms with E-state index in [0.717, 1.165) is 22.3 Å². The number of nitrogens with zero attached hydrogens (tertiary/aromatic N) is 2. The van der Waals surface area contributed by atoms with Gasteiger partial charge < -0.3 is 10.2 Å². The molecule has 0 bridgehead atoms. The zero-order valence-electron chi connectivity index (χ0n) is 14.4. The van der Waals surface area contributed by atoms with Gasteiger partial charge in [-0.15, -0.1) is 0 Å². The van der Waals surface area contributed by atoms with Crippen LogP contribution in [0.15, 0.2) is 48.5 Å². The minimum atomic E-state index is -0.361. The van der Waals surface area contributed by atoms with Crippen molar-refractivity contribution in [1.29, 1.82) is 0 Å². The number of rotatable bonds is 4. The quantitative estimate of drug-likeness (QED) is 0.764. The summed E-state index contributed by atoms with van der Waals surface area (Å²) in [5.74, 6) is -0.524. The van der Waals surface area contributed by atoms with Crippen LogP contribution in [-0.2, 0) is 16.0 Å². The van der Waals surface area contributed by atoms with Crippen molar-refractivity contribution in [3.8, 4) is 0 Å². The van der Waals surface area contributed by atoms with Gasteiger partial charge in [0.1, 0.15) is 0 Å². The lowest BCUT2D eigenvalue weighted by molar-refractivity contribution is -0.122. The highest BCUT2D eigenvalue weighted by Gasteiger charge is 2.35. The number of aromatic nitrogens is 1. The second-order valence-electron chi connectivity index (χ2n) is 6.40. The van der Waals surface area contributed by atoms with E-state index in [9.17, 15) is 9.59 Å². The maximum Gasteiger partial charge on any atom is 0.231 e.